The minimum absolute atomic E-state index is 0.321. The number of nitrogens with one attached hydrogen (secondary N) is 1. The fourth-order valence-electron chi connectivity index (χ4n) is 2.95. The van der Waals surface area contributed by atoms with Crippen molar-refractivity contribution in [2.24, 2.45) is 0 Å². The maximum atomic E-state index is 12.0. The molecule has 2 heterocycles. The van der Waals surface area contributed by atoms with Crippen LogP contribution in [0.5, 0.6) is 0 Å². The zero-order valence-electron chi connectivity index (χ0n) is 12.0. The molecule has 3 rings (SSSR count). The van der Waals surface area contributed by atoms with Crippen molar-refractivity contribution >= 4 is 15.5 Å². The molecule has 1 atom stereocenters. The Morgan fingerprint density at radius 2 is 2.14 bits per heavy atom. The van der Waals surface area contributed by atoms with E-state index in [1.165, 1.54) is 6.26 Å². The topological polar surface area (TPSA) is 66.1 Å². The summed E-state index contributed by atoms with van der Waals surface area (Å²) in [6.07, 6.45) is 6.96. The number of hydrogen-bond acceptors (Lipinski definition) is 4. The highest BCUT2D eigenvalue weighted by Crippen LogP contribution is 2.31. The summed E-state index contributed by atoms with van der Waals surface area (Å²) < 4.78 is 23.9. The maximum absolute atomic E-state index is 12.0. The third-order valence-electron chi connectivity index (χ3n) is 3.93. The highest BCUT2D eigenvalue weighted by atomic mass is 32.2. The van der Waals surface area contributed by atoms with Crippen LogP contribution in [0.4, 0.5) is 5.69 Å². The molecule has 0 saturated carbocycles. The van der Waals surface area contributed by atoms with Gasteiger partial charge in [0.2, 0.25) is 0 Å². The van der Waals surface area contributed by atoms with Crippen molar-refractivity contribution in [2.75, 3.05) is 24.2 Å². The molecule has 112 valence electrons. The second-order valence-corrected chi connectivity index (χ2v) is 7.48. The van der Waals surface area contributed by atoms with Crippen LogP contribution in [0.25, 0.3) is 0 Å². The van der Waals surface area contributed by atoms with Gasteiger partial charge in [0.25, 0.3) is 0 Å². The van der Waals surface area contributed by atoms with Gasteiger partial charge in [-0.15, -0.1) is 0 Å². The third-order valence-corrected chi connectivity index (χ3v) is 5.08. The number of aromatic amines is 1. The average Bonchev–Trinajstić information content (AvgIpc) is 3.01. The Kier molecular flexibility index (Phi) is 3.71. The van der Waals surface area contributed by atoms with Crippen LogP contribution >= 0.6 is 0 Å². The van der Waals surface area contributed by atoms with E-state index in [0.29, 0.717) is 10.8 Å². The molecule has 0 bridgehead atoms. The van der Waals surface area contributed by atoms with Gasteiger partial charge in [-0.2, -0.15) is 0 Å². The Balaban J connectivity index is 1.91. The highest BCUT2D eigenvalue weighted by molar-refractivity contribution is 7.90. The van der Waals surface area contributed by atoms with Crippen molar-refractivity contribution in [3.05, 3.63) is 42.5 Å². The van der Waals surface area contributed by atoms with Gasteiger partial charge in [-0.25, -0.2) is 13.4 Å². The lowest BCUT2D eigenvalue weighted by molar-refractivity contribution is 0.492. The Bertz CT molecular complexity index is 710. The monoisotopic (exact) mass is 305 g/mol. The first kappa shape index (κ1) is 14.1. The van der Waals surface area contributed by atoms with Gasteiger partial charge in [0.15, 0.2) is 9.84 Å². The van der Waals surface area contributed by atoms with Crippen LogP contribution in [0.3, 0.4) is 0 Å². The molecule has 1 aromatic carbocycles. The molecular formula is C15H19N3O2S. The van der Waals surface area contributed by atoms with Crippen molar-refractivity contribution < 1.29 is 8.42 Å². The van der Waals surface area contributed by atoms with Crippen molar-refractivity contribution in [2.45, 2.75) is 23.7 Å². The number of imidazole rings is 1. The molecular weight excluding hydrogens is 286 g/mol. The van der Waals surface area contributed by atoms with Gasteiger partial charge in [0.1, 0.15) is 5.82 Å². The van der Waals surface area contributed by atoms with Crippen molar-refractivity contribution in [3.8, 4) is 0 Å². The average molecular weight is 305 g/mol. The predicted molar refractivity (Wildman–Crippen MR) is 82.3 cm³/mol. The molecule has 1 aliphatic heterocycles. The van der Waals surface area contributed by atoms with E-state index in [9.17, 15) is 8.42 Å². The van der Waals surface area contributed by atoms with Crippen LogP contribution in [-0.4, -0.2) is 37.7 Å². The zero-order valence-corrected chi connectivity index (χ0v) is 12.8. The van der Waals surface area contributed by atoms with Gasteiger partial charge in [-0.3, -0.25) is 0 Å². The Labute approximate surface area is 124 Å². The van der Waals surface area contributed by atoms with Crippen molar-refractivity contribution in [1.29, 1.82) is 0 Å². The van der Waals surface area contributed by atoms with E-state index in [2.05, 4.69) is 14.9 Å². The van der Waals surface area contributed by atoms with E-state index in [4.69, 9.17) is 0 Å². The molecule has 0 unspecified atom stereocenters. The highest BCUT2D eigenvalue weighted by Gasteiger charge is 2.26. The van der Waals surface area contributed by atoms with E-state index < -0.39 is 9.84 Å². The van der Waals surface area contributed by atoms with Gasteiger partial charge in [-0.05, 0) is 25.0 Å². The number of sulfone groups is 1. The van der Waals surface area contributed by atoms with Crippen molar-refractivity contribution in [1.82, 2.24) is 9.97 Å². The zero-order chi connectivity index (χ0) is 14.9. The molecule has 1 aromatic heterocycles. The lowest BCUT2D eigenvalue weighted by Crippen LogP contribution is -2.35. The first-order valence-electron chi connectivity index (χ1n) is 7.09. The molecule has 6 heteroatoms. The quantitative estimate of drug-likeness (QED) is 0.944. The SMILES string of the molecule is CS(=O)(=O)c1ccccc1N1CCC[C@H](c2ncc[nH]2)C1. The van der Waals surface area contributed by atoms with Gasteiger partial charge in [-0.1, -0.05) is 12.1 Å². The molecule has 1 aliphatic rings. The van der Waals surface area contributed by atoms with E-state index in [0.717, 1.165) is 37.4 Å². The summed E-state index contributed by atoms with van der Waals surface area (Å²) in [5.41, 5.74) is 0.802. The Morgan fingerprint density at radius 1 is 1.33 bits per heavy atom. The number of benzene rings is 1. The summed E-state index contributed by atoms with van der Waals surface area (Å²) in [5.74, 6) is 1.30. The van der Waals surface area contributed by atoms with E-state index in [-0.39, 0.29) is 0 Å². The molecule has 5 nitrogen and oxygen atoms in total. The number of aromatic nitrogens is 2. The van der Waals surface area contributed by atoms with Crippen LogP contribution in [0.1, 0.15) is 24.6 Å². The summed E-state index contributed by atoms with van der Waals surface area (Å²) in [4.78, 5) is 10.1. The summed E-state index contributed by atoms with van der Waals surface area (Å²) in [6, 6.07) is 7.23. The molecule has 0 radical (unpaired) electrons. The normalized spacial score (nSPS) is 19.7. The second-order valence-electron chi connectivity index (χ2n) is 5.50. The maximum Gasteiger partial charge on any atom is 0.177 e. The minimum atomic E-state index is -3.22. The lowest BCUT2D eigenvalue weighted by atomic mass is 9.97. The number of anilines is 1. The van der Waals surface area contributed by atoms with Crippen LogP contribution < -0.4 is 4.90 Å². The molecule has 1 fully saturated rings. The predicted octanol–water partition coefficient (Wildman–Crippen LogP) is 2.20. The summed E-state index contributed by atoms with van der Waals surface area (Å²) in [6.45, 7) is 1.67. The summed E-state index contributed by atoms with van der Waals surface area (Å²) in [7, 11) is -3.22. The minimum Gasteiger partial charge on any atom is -0.370 e. The first-order valence-corrected chi connectivity index (χ1v) is 8.98. The third kappa shape index (κ3) is 2.95. The van der Waals surface area contributed by atoms with E-state index in [1.807, 2.05) is 18.3 Å². The molecule has 0 amide bonds. The molecule has 2 aromatic rings. The van der Waals surface area contributed by atoms with Gasteiger partial charge in [0, 0.05) is 37.7 Å². The van der Waals surface area contributed by atoms with Crippen LogP contribution in [-0.2, 0) is 9.84 Å². The number of H-pyrrole nitrogens is 1. The second kappa shape index (κ2) is 5.52. The lowest BCUT2D eigenvalue weighted by Gasteiger charge is -2.34. The fourth-order valence-corrected chi connectivity index (χ4v) is 3.85. The largest absolute Gasteiger partial charge is 0.370 e. The fraction of sp³-hybridized carbons (Fsp3) is 0.400. The summed E-state index contributed by atoms with van der Waals surface area (Å²) in [5, 5.41) is 0. The molecule has 21 heavy (non-hydrogen) atoms. The number of rotatable bonds is 3. The van der Waals surface area contributed by atoms with Gasteiger partial charge >= 0.3 is 0 Å². The molecule has 0 aliphatic carbocycles. The Hall–Kier alpha value is -1.82. The molecule has 1 saturated heterocycles. The van der Waals surface area contributed by atoms with Gasteiger partial charge in [0.05, 0.1) is 10.6 Å². The van der Waals surface area contributed by atoms with Crippen LogP contribution in [0, 0.1) is 0 Å². The number of nitrogens with zero attached hydrogens (tertiary/aromatic N) is 2. The standard InChI is InChI=1S/C15H19N3O2S/c1-21(19,20)14-7-3-2-6-13(14)18-10-4-5-12(11-18)15-16-8-9-17-15/h2-3,6-9,12H,4-5,10-11H2,1H3,(H,16,17)/t12-/m0/s1. The number of piperidine rings is 1. The number of para-hydroxylation sites is 1. The van der Waals surface area contributed by atoms with Gasteiger partial charge < -0.3 is 9.88 Å². The first-order chi connectivity index (χ1) is 10.1. The smallest absolute Gasteiger partial charge is 0.177 e. The molecule has 1 N–H and O–H groups in total. The van der Waals surface area contributed by atoms with Crippen LogP contribution in [0.2, 0.25) is 0 Å². The molecule has 0 spiro atoms. The number of hydrogen-bond donors (Lipinski definition) is 1. The summed E-state index contributed by atoms with van der Waals surface area (Å²) >= 11 is 0. The van der Waals surface area contributed by atoms with Crippen LogP contribution in [0.15, 0.2) is 41.6 Å². The van der Waals surface area contributed by atoms with Crippen molar-refractivity contribution in [3.63, 3.8) is 0 Å². The van der Waals surface area contributed by atoms with E-state index in [1.54, 1.807) is 18.3 Å². The van der Waals surface area contributed by atoms with E-state index >= 15 is 0 Å². The Morgan fingerprint density at radius 3 is 2.86 bits per heavy atom.